The Bertz CT molecular complexity index is 317. The van der Waals surface area contributed by atoms with E-state index in [1.54, 1.807) is 6.07 Å². The van der Waals surface area contributed by atoms with Crippen molar-refractivity contribution in [3.63, 3.8) is 0 Å². The van der Waals surface area contributed by atoms with Gasteiger partial charge in [0.1, 0.15) is 5.75 Å². The first-order valence-electron chi connectivity index (χ1n) is 5.68. The number of aromatic hydroxyl groups is 1. The van der Waals surface area contributed by atoms with Crippen molar-refractivity contribution in [2.45, 2.75) is 32.4 Å². The van der Waals surface area contributed by atoms with Crippen molar-refractivity contribution in [2.75, 3.05) is 12.0 Å². The van der Waals surface area contributed by atoms with Crippen molar-refractivity contribution in [1.82, 2.24) is 5.32 Å². The summed E-state index contributed by atoms with van der Waals surface area (Å²) in [5.74, 6) is 1.54. The average molecular weight is 239 g/mol. The highest BCUT2D eigenvalue weighted by atomic mass is 32.2. The molecule has 2 N–H and O–H groups in total. The summed E-state index contributed by atoms with van der Waals surface area (Å²) in [7, 11) is 0. The highest BCUT2D eigenvalue weighted by molar-refractivity contribution is 7.98. The largest absolute Gasteiger partial charge is 0.508 e. The second-order valence-corrected chi connectivity index (χ2v) is 5.12. The lowest BCUT2D eigenvalue weighted by molar-refractivity contribution is 0.431. The second kappa shape index (κ2) is 6.81. The molecule has 2 atom stereocenters. The summed E-state index contributed by atoms with van der Waals surface area (Å²) in [4.78, 5) is 0. The molecule has 3 heteroatoms. The van der Waals surface area contributed by atoms with E-state index in [2.05, 4.69) is 25.4 Å². The zero-order chi connectivity index (χ0) is 12.0. The van der Waals surface area contributed by atoms with Crippen LogP contribution in [0.15, 0.2) is 24.3 Å². The third kappa shape index (κ3) is 4.06. The maximum Gasteiger partial charge on any atom is 0.120 e. The van der Waals surface area contributed by atoms with Gasteiger partial charge in [0, 0.05) is 17.6 Å². The van der Waals surface area contributed by atoms with Crippen molar-refractivity contribution in [3.8, 4) is 5.75 Å². The number of thioether (sulfide) groups is 1. The van der Waals surface area contributed by atoms with Crippen LogP contribution in [0.2, 0.25) is 0 Å². The average Bonchev–Trinajstić information content (AvgIpc) is 2.26. The number of para-hydroxylation sites is 1. The van der Waals surface area contributed by atoms with Gasteiger partial charge in [-0.1, -0.05) is 18.2 Å². The van der Waals surface area contributed by atoms with Gasteiger partial charge in [-0.2, -0.15) is 11.8 Å². The summed E-state index contributed by atoms with van der Waals surface area (Å²) in [6, 6.07) is 8.18. The summed E-state index contributed by atoms with van der Waals surface area (Å²) < 4.78 is 0. The number of benzene rings is 1. The first kappa shape index (κ1) is 13.4. The quantitative estimate of drug-likeness (QED) is 0.799. The molecule has 0 bridgehead atoms. The maximum atomic E-state index is 9.73. The molecule has 0 aromatic heterocycles. The Balaban J connectivity index is 2.52. The Kier molecular flexibility index (Phi) is 5.71. The zero-order valence-corrected chi connectivity index (χ0v) is 11.1. The van der Waals surface area contributed by atoms with Crippen LogP contribution in [0.25, 0.3) is 0 Å². The molecule has 90 valence electrons. The first-order valence-corrected chi connectivity index (χ1v) is 7.07. The Morgan fingerprint density at radius 1 is 1.31 bits per heavy atom. The van der Waals surface area contributed by atoms with Crippen LogP contribution in [-0.2, 0) is 0 Å². The third-order valence-electron chi connectivity index (χ3n) is 2.69. The van der Waals surface area contributed by atoms with E-state index in [-0.39, 0.29) is 6.04 Å². The SMILES string of the molecule is CSCCC(C)NC(C)c1ccccc1O. The normalized spacial score (nSPS) is 14.7. The number of phenolic OH excluding ortho intramolecular Hbond substituents is 1. The van der Waals surface area contributed by atoms with Crippen LogP contribution in [0.5, 0.6) is 5.75 Å². The molecule has 16 heavy (non-hydrogen) atoms. The molecule has 0 aliphatic heterocycles. The van der Waals surface area contributed by atoms with Gasteiger partial charge in [0.2, 0.25) is 0 Å². The van der Waals surface area contributed by atoms with Crippen molar-refractivity contribution in [1.29, 1.82) is 0 Å². The predicted molar refractivity (Wildman–Crippen MR) is 72.1 cm³/mol. The summed E-state index contributed by atoms with van der Waals surface area (Å²) in [5, 5.41) is 13.2. The highest BCUT2D eigenvalue weighted by Gasteiger charge is 2.11. The van der Waals surface area contributed by atoms with Crippen molar-refractivity contribution >= 4 is 11.8 Å². The monoisotopic (exact) mass is 239 g/mol. The summed E-state index contributed by atoms with van der Waals surface area (Å²) in [6.45, 7) is 4.28. The molecule has 0 saturated heterocycles. The molecule has 0 saturated carbocycles. The predicted octanol–water partition coefficient (Wildman–Crippen LogP) is 3.18. The van der Waals surface area contributed by atoms with Crippen molar-refractivity contribution < 1.29 is 5.11 Å². The number of phenols is 1. The van der Waals surface area contributed by atoms with Crippen LogP contribution in [0.4, 0.5) is 0 Å². The molecule has 1 aromatic carbocycles. The molecule has 1 rings (SSSR count). The van der Waals surface area contributed by atoms with Crippen LogP contribution in [0.3, 0.4) is 0 Å². The fraction of sp³-hybridized carbons (Fsp3) is 0.538. The Hall–Kier alpha value is -0.670. The van der Waals surface area contributed by atoms with E-state index in [0.29, 0.717) is 11.8 Å². The minimum Gasteiger partial charge on any atom is -0.508 e. The van der Waals surface area contributed by atoms with Gasteiger partial charge in [-0.3, -0.25) is 0 Å². The van der Waals surface area contributed by atoms with E-state index >= 15 is 0 Å². The molecule has 0 fully saturated rings. The molecular weight excluding hydrogens is 218 g/mol. The molecule has 0 heterocycles. The summed E-state index contributed by atoms with van der Waals surface area (Å²) >= 11 is 1.87. The lowest BCUT2D eigenvalue weighted by atomic mass is 10.1. The fourth-order valence-corrected chi connectivity index (χ4v) is 2.34. The molecule has 0 amide bonds. The zero-order valence-electron chi connectivity index (χ0n) is 10.2. The molecule has 1 aromatic rings. The number of hydrogen-bond donors (Lipinski definition) is 2. The second-order valence-electron chi connectivity index (χ2n) is 4.13. The minimum atomic E-state index is 0.193. The van der Waals surface area contributed by atoms with Gasteiger partial charge >= 0.3 is 0 Å². The standard InChI is InChI=1S/C13H21NOS/c1-10(8-9-16-3)14-11(2)12-6-4-5-7-13(12)15/h4-7,10-11,14-15H,8-9H2,1-3H3. The van der Waals surface area contributed by atoms with E-state index in [0.717, 1.165) is 12.0 Å². The van der Waals surface area contributed by atoms with Crippen molar-refractivity contribution in [3.05, 3.63) is 29.8 Å². The van der Waals surface area contributed by atoms with E-state index in [1.165, 1.54) is 5.75 Å². The lowest BCUT2D eigenvalue weighted by Gasteiger charge is -2.20. The molecule has 2 unspecified atom stereocenters. The fourth-order valence-electron chi connectivity index (χ4n) is 1.75. The van der Waals surface area contributed by atoms with E-state index in [9.17, 15) is 5.11 Å². The molecule has 0 aliphatic carbocycles. The van der Waals surface area contributed by atoms with Gasteiger partial charge < -0.3 is 10.4 Å². The first-order chi connectivity index (χ1) is 7.65. The van der Waals surface area contributed by atoms with Gasteiger partial charge in [0.15, 0.2) is 0 Å². The number of hydrogen-bond acceptors (Lipinski definition) is 3. The van der Waals surface area contributed by atoms with Crippen LogP contribution >= 0.6 is 11.8 Å². The van der Waals surface area contributed by atoms with Gasteiger partial charge in [-0.15, -0.1) is 0 Å². The lowest BCUT2D eigenvalue weighted by Crippen LogP contribution is -2.29. The van der Waals surface area contributed by atoms with Crippen molar-refractivity contribution in [2.24, 2.45) is 0 Å². The highest BCUT2D eigenvalue weighted by Crippen LogP contribution is 2.23. The number of rotatable bonds is 6. The minimum absolute atomic E-state index is 0.193. The molecule has 2 nitrogen and oxygen atoms in total. The van der Waals surface area contributed by atoms with Gasteiger partial charge in [-0.05, 0) is 38.3 Å². The maximum absolute atomic E-state index is 9.73. The van der Waals surface area contributed by atoms with Gasteiger partial charge in [-0.25, -0.2) is 0 Å². The van der Waals surface area contributed by atoms with Gasteiger partial charge in [0.25, 0.3) is 0 Å². The van der Waals surface area contributed by atoms with Crippen LogP contribution in [0.1, 0.15) is 31.9 Å². The van der Waals surface area contributed by atoms with E-state index in [1.807, 2.05) is 30.0 Å². The van der Waals surface area contributed by atoms with Crippen LogP contribution in [0, 0.1) is 0 Å². The summed E-state index contributed by atoms with van der Waals surface area (Å²) in [6.07, 6.45) is 3.28. The Morgan fingerprint density at radius 2 is 2.00 bits per heavy atom. The Morgan fingerprint density at radius 3 is 2.62 bits per heavy atom. The van der Waals surface area contributed by atoms with E-state index in [4.69, 9.17) is 0 Å². The molecular formula is C13H21NOS. The summed E-state index contributed by atoms with van der Waals surface area (Å²) in [5.41, 5.74) is 0.971. The van der Waals surface area contributed by atoms with Crippen LogP contribution < -0.4 is 5.32 Å². The third-order valence-corrected chi connectivity index (χ3v) is 3.34. The van der Waals surface area contributed by atoms with E-state index < -0.39 is 0 Å². The smallest absolute Gasteiger partial charge is 0.120 e. The Labute approximate surface area is 102 Å². The van der Waals surface area contributed by atoms with Gasteiger partial charge in [0.05, 0.1) is 0 Å². The molecule has 0 radical (unpaired) electrons. The topological polar surface area (TPSA) is 32.3 Å². The molecule has 0 spiro atoms. The molecule has 0 aliphatic rings. The van der Waals surface area contributed by atoms with Crippen LogP contribution in [-0.4, -0.2) is 23.2 Å². The number of nitrogens with one attached hydrogen (secondary N) is 1.